The number of aliphatic hydroxyl groups excluding tert-OH is 1. The van der Waals surface area contributed by atoms with Gasteiger partial charge in [0.05, 0.1) is 6.20 Å². The highest BCUT2D eigenvalue weighted by molar-refractivity contribution is 5.79. The second-order valence-corrected chi connectivity index (χ2v) is 12.3. The highest BCUT2D eigenvalue weighted by atomic mass is 19.1. The molecule has 44 heavy (non-hydrogen) atoms. The Balaban J connectivity index is 1.41. The van der Waals surface area contributed by atoms with Crippen LogP contribution in [0.4, 0.5) is 30.8 Å². The zero-order chi connectivity index (χ0) is 31.4. The Bertz CT molecular complexity index is 1410. The molecule has 0 atom stereocenters. The van der Waals surface area contributed by atoms with Crippen molar-refractivity contribution < 1.29 is 23.1 Å². The first-order valence-electron chi connectivity index (χ1n) is 15.6. The second-order valence-electron chi connectivity index (χ2n) is 12.3. The van der Waals surface area contributed by atoms with E-state index >= 15 is 0 Å². The molecule has 0 bridgehead atoms. The third kappa shape index (κ3) is 7.26. The van der Waals surface area contributed by atoms with E-state index in [0.29, 0.717) is 73.9 Å². The zero-order valence-corrected chi connectivity index (χ0v) is 25.7. The van der Waals surface area contributed by atoms with Gasteiger partial charge in [-0.1, -0.05) is 0 Å². The number of halogens is 3. The molecule has 10 nitrogen and oxygen atoms in total. The number of nitrogens with one attached hydrogen (secondary N) is 2. The van der Waals surface area contributed by atoms with Gasteiger partial charge in [-0.05, 0) is 78.3 Å². The van der Waals surface area contributed by atoms with Gasteiger partial charge in [0.2, 0.25) is 17.8 Å². The summed E-state index contributed by atoms with van der Waals surface area (Å²) in [4.78, 5) is 31.2. The molecule has 2 heterocycles. The van der Waals surface area contributed by atoms with Gasteiger partial charge < -0.3 is 25.5 Å². The van der Waals surface area contributed by atoms with Gasteiger partial charge in [0.15, 0.2) is 17.3 Å². The largest absolute Gasteiger partial charge is 0.396 e. The van der Waals surface area contributed by atoms with Crippen LogP contribution in [0.25, 0.3) is 11.2 Å². The van der Waals surface area contributed by atoms with E-state index in [9.17, 15) is 23.1 Å². The van der Waals surface area contributed by atoms with Crippen LogP contribution in [0.3, 0.4) is 0 Å². The molecule has 3 aromatic rings. The Kier molecular flexibility index (Phi) is 10.2. The summed E-state index contributed by atoms with van der Waals surface area (Å²) in [6, 6.07) is 1.27. The lowest BCUT2D eigenvalue weighted by atomic mass is 9.85. The monoisotopic (exact) mass is 616 g/mol. The third-order valence-electron chi connectivity index (χ3n) is 9.04. The van der Waals surface area contributed by atoms with E-state index in [1.807, 2.05) is 30.5 Å². The van der Waals surface area contributed by atoms with E-state index in [1.165, 1.54) is 0 Å². The van der Waals surface area contributed by atoms with Crippen LogP contribution in [0.15, 0.2) is 18.3 Å². The number of rotatable bonds is 11. The first-order chi connectivity index (χ1) is 21.2. The number of benzene rings is 1. The van der Waals surface area contributed by atoms with Crippen LogP contribution in [0.2, 0.25) is 0 Å². The standard InChI is InChI=1S/C31H43F3N8O2/c1-4-41(14-13-40(2)3)29(44)20-7-11-23(12-8-20)42-28-26(37-31(42)38-27-24(33)15-21(32)16-25(27)34)17-35-30(39-28)36-22-9-5-19(18-43)6-10-22/h15-17,19-20,22-23,43H,4-14,18H2,1-3H3,(H,37,38)(H,35,36,39)/t19-,20-,22-,23+. The van der Waals surface area contributed by atoms with Crippen molar-refractivity contribution in [3.05, 3.63) is 35.8 Å². The van der Waals surface area contributed by atoms with Crippen LogP contribution < -0.4 is 10.6 Å². The van der Waals surface area contributed by atoms with E-state index < -0.39 is 23.1 Å². The number of imidazole rings is 1. The molecule has 2 fully saturated rings. The maximum Gasteiger partial charge on any atom is 0.225 e. The Morgan fingerprint density at radius 1 is 1.00 bits per heavy atom. The quantitative estimate of drug-likeness (QED) is 0.273. The van der Waals surface area contributed by atoms with E-state index in [-0.39, 0.29) is 36.5 Å². The maximum atomic E-state index is 14.7. The Hall–Kier alpha value is -3.45. The minimum atomic E-state index is -1.07. The van der Waals surface area contributed by atoms with Gasteiger partial charge in [0.1, 0.15) is 17.0 Å². The van der Waals surface area contributed by atoms with E-state index in [4.69, 9.17) is 4.98 Å². The van der Waals surface area contributed by atoms with Gasteiger partial charge in [0, 0.05) is 56.4 Å². The highest BCUT2D eigenvalue weighted by Gasteiger charge is 2.32. The van der Waals surface area contributed by atoms with Crippen molar-refractivity contribution in [2.24, 2.45) is 11.8 Å². The number of aliphatic hydroxyl groups is 1. The van der Waals surface area contributed by atoms with E-state index in [0.717, 1.165) is 32.2 Å². The number of fused-ring (bicyclic) bond motifs is 1. The van der Waals surface area contributed by atoms with Crippen LogP contribution in [-0.4, -0.2) is 86.7 Å². The van der Waals surface area contributed by atoms with E-state index in [2.05, 4.69) is 25.5 Å². The van der Waals surface area contributed by atoms with Gasteiger partial charge >= 0.3 is 0 Å². The number of amides is 1. The third-order valence-corrected chi connectivity index (χ3v) is 9.04. The summed E-state index contributed by atoms with van der Waals surface area (Å²) < 4.78 is 44.9. The minimum absolute atomic E-state index is 0.104. The number of aromatic nitrogens is 4. The summed E-state index contributed by atoms with van der Waals surface area (Å²) in [5.74, 6) is -2.18. The maximum absolute atomic E-state index is 14.7. The number of hydrogen-bond acceptors (Lipinski definition) is 8. The summed E-state index contributed by atoms with van der Waals surface area (Å²) in [6.45, 7) is 4.30. The topological polar surface area (TPSA) is 111 Å². The number of anilines is 3. The fraction of sp³-hybridized carbons (Fsp3) is 0.613. The normalized spacial score (nSPS) is 22.4. The molecule has 240 valence electrons. The average Bonchev–Trinajstić information content (AvgIpc) is 3.36. The predicted octanol–water partition coefficient (Wildman–Crippen LogP) is 5.09. The summed E-state index contributed by atoms with van der Waals surface area (Å²) in [5, 5.41) is 15.7. The molecule has 2 aliphatic rings. The molecule has 3 N–H and O–H groups in total. The molecule has 2 saturated carbocycles. The van der Waals surface area contributed by atoms with Crippen LogP contribution >= 0.6 is 0 Å². The van der Waals surface area contributed by atoms with Crippen LogP contribution in [0.1, 0.15) is 64.3 Å². The first-order valence-corrected chi connectivity index (χ1v) is 15.6. The molecular formula is C31H43F3N8O2. The van der Waals surface area contributed by atoms with Crippen molar-refractivity contribution in [3.8, 4) is 0 Å². The molecule has 0 radical (unpaired) electrons. The van der Waals surface area contributed by atoms with Crippen molar-refractivity contribution >= 4 is 34.7 Å². The van der Waals surface area contributed by atoms with Crippen LogP contribution in [0, 0.1) is 29.3 Å². The SMILES string of the molecule is CCN(CCN(C)C)C(=O)[C@H]1CC[C@@H](n2c(Nc3c(F)cc(F)cc3F)nc3cnc(N[C@H]4CC[C@H](CO)CC4)nc32)CC1. The number of nitrogens with zero attached hydrogens (tertiary/aromatic N) is 6. The number of hydrogen-bond donors (Lipinski definition) is 3. The number of likely N-dealkylation sites (N-methyl/N-ethyl adjacent to an activating group) is 2. The summed E-state index contributed by atoms with van der Waals surface area (Å²) in [7, 11) is 3.97. The highest BCUT2D eigenvalue weighted by Crippen LogP contribution is 2.38. The molecule has 1 amide bonds. The fourth-order valence-corrected chi connectivity index (χ4v) is 6.42. The zero-order valence-electron chi connectivity index (χ0n) is 25.7. The van der Waals surface area contributed by atoms with Gasteiger partial charge in [0.25, 0.3) is 0 Å². The van der Waals surface area contributed by atoms with Gasteiger partial charge in [-0.2, -0.15) is 4.98 Å². The minimum Gasteiger partial charge on any atom is -0.396 e. The molecule has 1 aromatic carbocycles. The smallest absolute Gasteiger partial charge is 0.225 e. The Labute approximate surface area is 256 Å². The summed E-state index contributed by atoms with van der Waals surface area (Å²) in [6.07, 6.45) is 7.82. The molecule has 0 aliphatic heterocycles. The summed E-state index contributed by atoms with van der Waals surface area (Å²) >= 11 is 0. The molecule has 2 aliphatic carbocycles. The lowest BCUT2D eigenvalue weighted by molar-refractivity contribution is -0.136. The molecule has 0 spiro atoms. The van der Waals surface area contributed by atoms with Crippen molar-refractivity contribution in [1.29, 1.82) is 0 Å². The van der Waals surface area contributed by atoms with Crippen molar-refractivity contribution in [1.82, 2.24) is 29.3 Å². The van der Waals surface area contributed by atoms with E-state index in [1.54, 1.807) is 6.20 Å². The van der Waals surface area contributed by atoms with Crippen molar-refractivity contribution in [2.45, 2.75) is 70.4 Å². The van der Waals surface area contributed by atoms with Gasteiger partial charge in [-0.3, -0.25) is 9.36 Å². The summed E-state index contributed by atoms with van der Waals surface area (Å²) in [5.41, 5.74) is 0.454. The molecular weight excluding hydrogens is 573 g/mol. The lowest BCUT2D eigenvalue weighted by Gasteiger charge is -2.33. The second kappa shape index (κ2) is 14.1. The molecule has 0 saturated heterocycles. The molecule has 5 rings (SSSR count). The predicted molar refractivity (Wildman–Crippen MR) is 163 cm³/mol. The first kappa shape index (κ1) is 32.0. The number of carbonyl (C=O) groups excluding carboxylic acids is 1. The molecule has 13 heteroatoms. The van der Waals surface area contributed by atoms with Gasteiger partial charge in [-0.25, -0.2) is 23.1 Å². The number of carbonyl (C=O) groups is 1. The van der Waals surface area contributed by atoms with Crippen LogP contribution in [0.5, 0.6) is 0 Å². The van der Waals surface area contributed by atoms with Gasteiger partial charge in [-0.15, -0.1) is 0 Å². The Morgan fingerprint density at radius 2 is 1.68 bits per heavy atom. The fourth-order valence-electron chi connectivity index (χ4n) is 6.42. The van der Waals surface area contributed by atoms with Crippen molar-refractivity contribution in [2.75, 3.05) is 51.0 Å². The molecule has 2 aromatic heterocycles. The van der Waals surface area contributed by atoms with Crippen LogP contribution in [-0.2, 0) is 4.79 Å². The molecule has 0 unspecified atom stereocenters. The van der Waals surface area contributed by atoms with Crippen molar-refractivity contribution in [3.63, 3.8) is 0 Å². The average molecular weight is 617 g/mol. The Morgan fingerprint density at radius 3 is 2.30 bits per heavy atom. The lowest BCUT2D eigenvalue weighted by Crippen LogP contribution is -2.41.